The van der Waals surface area contributed by atoms with Crippen molar-refractivity contribution in [1.29, 1.82) is 0 Å². The fourth-order valence-corrected chi connectivity index (χ4v) is 3.45. The van der Waals surface area contributed by atoms with Crippen LogP contribution in [-0.4, -0.2) is 39.0 Å². The van der Waals surface area contributed by atoms with Gasteiger partial charge in [-0.15, -0.1) is 0 Å². The molecule has 2 aromatic carbocycles. The van der Waals surface area contributed by atoms with Crippen molar-refractivity contribution in [2.75, 3.05) is 17.7 Å². The molecule has 8 nitrogen and oxygen atoms in total. The van der Waals surface area contributed by atoms with Crippen LogP contribution in [0, 0.1) is 5.92 Å². The van der Waals surface area contributed by atoms with Gasteiger partial charge in [0, 0.05) is 5.69 Å². The normalized spacial score (nSPS) is 12.7. The number of carbonyl (C=O) groups excluding carboxylic acids is 2. The van der Waals surface area contributed by atoms with Crippen molar-refractivity contribution in [1.82, 2.24) is 5.32 Å². The van der Waals surface area contributed by atoms with Crippen LogP contribution >= 0.6 is 0 Å². The maximum atomic E-state index is 12.9. The lowest BCUT2D eigenvalue weighted by atomic mass is 10.0. The smallest absolute Gasteiger partial charge is 0.495 e. The number of alkyl halides is 3. The molecule has 3 N–H and O–H groups in total. The van der Waals surface area contributed by atoms with E-state index >= 15 is 0 Å². The number of hydrogen-bond donors (Lipinski definition) is 3. The summed E-state index contributed by atoms with van der Waals surface area (Å²) in [5, 5.41) is 7.38. The summed E-state index contributed by atoms with van der Waals surface area (Å²) in [5.41, 5.74) is -5.32. The van der Waals surface area contributed by atoms with Gasteiger partial charge in [0.05, 0.1) is 17.7 Å². The topological polar surface area (TPSA) is 114 Å². The number of anilines is 2. The number of halogens is 3. The molecule has 1 unspecified atom stereocenters. The summed E-state index contributed by atoms with van der Waals surface area (Å²) < 4.78 is 67.1. The SMILES string of the molecule is COc1ccc(S(=O)(=O)C(F)(F)F)cc1NC(=O)C(NC(=O)Nc1ccccc1)C(C)C. The van der Waals surface area contributed by atoms with Crippen LogP contribution in [0.1, 0.15) is 13.8 Å². The van der Waals surface area contributed by atoms with E-state index in [0.29, 0.717) is 11.8 Å². The highest BCUT2D eigenvalue weighted by atomic mass is 32.2. The van der Waals surface area contributed by atoms with Gasteiger partial charge < -0.3 is 20.7 Å². The predicted octanol–water partition coefficient (Wildman–Crippen LogP) is 3.77. The van der Waals surface area contributed by atoms with Crippen molar-refractivity contribution < 1.29 is 35.9 Å². The summed E-state index contributed by atoms with van der Waals surface area (Å²) >= 11 is 0. The highest BCUT2D eigenvalue weighted by Crippen LogP contribution is 2.34. The van der Waals surface area contributed by atoms with Gasteiger partial charge in [0.2, 0.25) is 5.91 Å². The zero-order chi connectivity index (χ0) is 24.1. The molecule has 0 aliphatic carbocycles. The maximum absolute atomic E-state index is 12.9. The van der Waals surface area contributed by atoms with E-state index < -0.39 is 44.1 Å². The van der Waals surface area contributed by atoms with E-state index in [4.69, 9.17) is 4.74 Å². The van der Waals surface area contributed by atoms with Crippen LogP contribution in [0.4, 0.5) is 29.3 Å². The Morgan fingerprint density at radius 2 is 1.62 bits per heavy atom. The lowest BCUT2D eigenvalue weighted by Gasteiger charge is -2.23. The number of para-hydroxylation sites is 1. The molecule has 0 aliphatic rings. The first-order valence-corrected chi connectivity index (χ1v) is 10.8. The molecular formula is C20H22F3N3O5S. The third kappa shape index (κ3) is 5.90. The second-order valence-corrected chi connectivity index (χ2v) is 8.93. The summed E-state index contributed by atoms with van der Waals surface area (Å²) in [6, 6.07) is 9.05. The van der Waals surface area contributed by atoms with Gasteiger partial charge in [0.15, 0.2) is 0 Å². The highest BCUT2D eigenvalue weighted by molar-refractivity contribution is 7.92. The average molecular weight is 473 g/mol. The molecule has 12 heteroatoms. The van der Waals surface area contributed by atoms with Gasteiger partial charge in [0.1, 0.15) is 11.8 Å². The average Bonchev–Trinajstić information content (AvgIpc) is 2.71. The third-order valence-corrected chi connectivity index (χ3v) is 5.80. The number of hydrogen-bond acceptors (Lipinski definition) is 5. The van der Waals surface area contributed by atoms with Crippen LogP contribution in [0.5, 0.6) is 5.75 Å². The molecule has 174 valence electrons. The molecule has 0 saturated carbocycles. The Balaban J connectivity index is 2.25. The molecule has 0 spiro atoms. The molecule has 0 aliphatic heterocycles. The lowest BCUT2D eigenvalue weighted by Crippen LogP contribution is -2.48. The number of ether oxygens (including phenoxy) is 1. The minimum Gasteiger partial charge on any atom is -0.495 e. The van der Waals surface area contributed by atoms with Crippen LogP contribution in [-0.2, 0) is 14.6 Å². The van der Waals surface area contributed by atoms with E-state index in [1.807, 2.05) is 0 Å². The number of nitrogens with one attached hydrogen (secondary N) is 3. The Morgan fingerprint density at radius 3 is 2.16 bits per heavy atom. The molecule has 32 heavy (non-hydrogen) atoms. The molecule has 0 bridgehead atoms. The fourth-order valence-electron chi connectivity index (χ4n) is 2.66. The van der Waals surface area contributed by atoms with Crippen LogP contribution in [0.25, 0.3) is 0 Å². The van der Waals surface area contributed by atoms with E-state index in [-0.39, 0.29) is 11.4 Å². The molecule has 1 atom stereocenters. The molecule has 2 aromatic rings. The Morgan fingerprint density at radius 1 is 1.00 bits per heavy atom. The van der Waals surface area contributed by atoms with Crippen LogP contribution in [0.3, 0.4) is 0 Å². The van der Waals surface area contributed by atoms with E-state index in [1.165, 1.54) is 7.11 Å². The third-order valence-electron chi connectivity index (χ3n) is 4.31. The second-order valence-electron chi connectivity index (χ2n) is 6.99. The number of methoxy groups -OCH3 is 1. The summed E-state index contributed by atoms with van der Waals surface area (Å²) in [4.78, 5) is 24.0. The fraction of sp³-hybridized carbons (Fsp3) is 0.300. The monoisotopic (exact) mass is 473 g/mol. The first kappa shape index (κ1) is 25.0. The minimum absolute atomic E-state index is 0.0595. The number of urea groups is 1. The molecule has 2 rings (SSSR count). The molecule has 0 radical (unpaired) electrons. The Labute approximate surface area is 183 Å². The number of sulfone groups is 1. The predicted molar refractivity (Wildman–Crippen MR) is 112 cm³/mol. The first-order chi connectivity index (χ1) is 14.9. The van der Waals surface area contributed by atoms with Crippen LogP contribution in [0.15, 0.2) is 53.4 Å². The van der Waals surface area contributed by atoms with Crippen molar-refractivity contribution in [3.05, 3.63) is 48.5 Å². The number of amides is 3. The maximum Gasteiger partial charge on any atom is 0.501 e. The van der Waals surface area contributed by atoms with Gasteiger partial charge in [-0.05, 0) is 36.2 Å². The lowest BCUT2D eigenvalue weighted by molar-refractivity contribution is -0.118. The second kappa shape index (κ2) is 9.90. The van der Waals surface area contributed by atoms with Gasteiger partial charge in [0.25, 0.3) is 9.84 Å². The number of benzene rings is 2. The van der Waals surface area contributed by atoms with Gasteiger partial charge in [-0.25, -0.2) is 13.2 Å². The minimum atomic E-state index is -5.64. The standard InChI is InChI=1S/C20H22F3N3O5S/c1-12(2)17(26-19(28)24-13-7-5-4-6-8-13)18(27)25-15-11-14(9-10-16(15)31-3)32(29,30)20(21,22)23/h4-12,17H,1-3H3,(H,25,27)(H2,24,26,28). The Kier molecular flexibility index (Phi) is 7.73. The van der Waals surface area contributed by atoms with Crippen molar-refractivity contribution >= 4 is 33.2 Å². The summed E-state index contributed by atoms with van der Waals surface area (Å²) in [5.74, 6) is -1.25. The van der Waals surface area contributed by atoms with Crippen molar-refractivity contribution in [3.8, 4) is 5.75 Å². The number of rotatable bonds is 7. The molecule has 0 fully saturated rings. The quantitative estimate of drug-likeness (QED) is 0.567. The highest BCUT2D eigenvalue weighted by Gasteiger charge is 2.47. The van der Waals surface area contributed by atoms with Gasteiger partial charge in [-0.1, -0.05) is 32.0 Å². The Bertz CT molecular complexity index is 1070. The van der Waals surface area contributed by atoms with Crippen LogP contribution < -0.4 is 20.7 Å². The van der Waals surface area contributed by atoms with E-state index in [9.17, 15) is 31.2 Å². The van der Waals surface area contributed by atoms with Crippen LogP contribution in [0.2, 0.25) is 0 Å². The molecule has 0 heterocycles. The van der Waals surface area contributed by atoms with Gasteiger partial charge in [-0.2, -0.15) is 13.2 Å². The van der Waals surface area contributed by atoms with E-state index in [2.05, 4.69) is 16.0 Å². The van der Waals surface area contributed by atoms with E-state index in [1.54, 1.807) is 44.2 Å². The zero-order valence-corrected chi connectivity index (χ0v) is 18.2. The van der Waals surface area contributed by atoms with Crippen molar-refractivity contribution in [2.45, 2.75) is 30.3 Å². The van der Waals surface area contributed by atoms with Gasteiger partial charge >= 0.3 is 11.5 Å². The Hall–Kier alpha value is -3.28. The molecule has 3 amide bonds. The van der Waals surface area contributed by atoms with Crippen molar-refractivity contribution in [2.24, 2.45) is 5.92 Å². The zero-order valence-electron chi connectivity index (χ0n) is 17.4. The largest absolute Gasteiger partial charge is 0.501 e. The van der Waals surface area contributed by atoms with Gasteiger partial charge in [-0.3, -0.25) is 4.79 Å². The summed E-state index contributed by atoms with van der Waals surface area (Å²) in [7, 11) is -4.43. The molecular weight excluding hydrogens is 451 g/mol. The summed E-state index contributed by atoms with van der Waals surface area (Å²) in [6.45, 7) is 3.30. The first-order valence-electron chi connectivity index (χ1n) is 9.29. The molecule has 0 aromatic heterocycles. The molecule has 0 saturated heterocycles. The number of carbonyl (C=O) groups is 2. The summed E-state index contributed by atoms with van der Waals surface area (Å²) in [6.07, 6.45) is 0. The van der Waals surface area contributed by atoms with Crippen molar-refractivity contribution in [3.63, 3.8) is 0 Å². The van der Waals surface area contributed by atoms with E-state index in [0.717, 1.165) is 12.1 Å².